The summed E-state index contributed by atoms with van der Waals surface area (Å²) in [4.78, 5) is 3.04. The number of allylic oxidation sites excluding steroid dienone is 10. The van der Waals surface area contributed by atoms with Gasteiger partial charge in [0.1, 0.15) is 0 Å². The second kappa shape index (κ2) is 11.0. The van der Waals surface area contributed by atoms with Crippen molar-refractivity contribution in [2.45, 2.75) is 33.6 Å². The maximum atomic E-state index is 2.36. The molecule has 1 aliphatic heterocycles. The van der Waals surface area contributed by atoms with Gasteiger partial charge in [0.2, 0.25) is 0 Å². The Morgan fingerprint density at radius 2 is 2.00 bits per heavy atom. The van der Waals surface area contributed by atoms with Crippen molar-refractivity contribution >= 4 is 15.0 Å². The fourth-order valence-electron chi connectivity index (χ4n) is 2.15. The molecular formula is C17H21Cl2SZr. The van der Waals surface area contributed by atoms with Crippen molar-refractivity contribution in [2.75, 3.05) is 0 Å². The van der Waals surface area contributed by atoms with Crippen LogP contribution in [0.2, 0.25) is 0 Å². The van der Waals surface area contributed by atoms with Gasteiger partial charge in [0.05, 0.1) is 0 Å². The minimum absolute atomic E-state index is 0. The van der Waals surface area contributed by atoms with Gasteiger partial charge in [0, 0.05) is 10.8 Å². The van der Waals surface area contributed by atoms with Gasteiger partial charge >= 0.3 is 67.7 Å². The molecular weight excluding hydrogens is 398 g/mol. The predicted molar refractivity (Wildman–Crippen MR) is 84.9 cm³/mol. The van der Waals surface area contributed by atoms with Crippen molar-refractivity contribution in [2.24, 2.45) is 5.92 Å². The summed E-state index contributed by atoms with van der Waals surface area (Å²) in [5.41, 5.74) is 0. The van der Waals surface area contributed by atoms with Crippen molar-refractivity contribution in [3.05, 3.63) is 55.6 Å². The van der Waals surface area contributed by atoms with E-state index in [9.17, 15) is 0 Å². The van der Waals surface area contributed by atoms with Crippen LogP contribution in [0.25, 0.3) is 0 Å². The van der Waals surface area contributed by atoms with E-state index in [0.717, 1.165) is 0 Å². The summed E-state index contributed by atoms with van der Waals surface area (Å²) in [6.45, 7) is 6.72. The molecule has 3 aliphatic rings. The topological polar surface area (TPSA) is 0 Å². The van der Waals surface area contributed by atoms with Crippen LogP contribution in [0.5, 0.6) is 0 Å². The first-order valence-electron chi connectivity index (χ1n) is 6.89. The van der Waals surface area contributed by atoms with Gasteiger partial charge in [-0.3, -0.25) is 0 Å². The van der Waals surface area contributed by atoms with Crippen LogP contribution in [0.15, 0.2) is 55.6 Å². The minimum atomic E-state index is -0.220. The Kier molecular flexibility index (Phi) is 11.2. The summed E-state index contributed by atoms with van der Waals surface area (Å²) in [7, 11) is 0. The van der Waals surface area contributed by atoms with E-state index in [-0.39, 0.29) is 47.6 Å². The van der Waals surface area contributed by atoms with Crippen LogP contribution in [-0.4, -0.2) is 3.21 Å². The molecule has 4 heteroatoms. The van der Waals surface area contributed by atoms with Gasteiger partial charge in [-0.2, -0.15) is 0 Å². The Balaban J connectivity index is 0.000000350. The molecule has 0 fully saturated rings. The van der Waals surface area contributed by atoms with Crippen molar-refractivity contribution in [1.82, 2.24) is 0 Å². The zero-order chi connectivity index (χ0) is 13.7. The smallest absolute Gasteiger partial charge is 1.00 e. The molecule has 0 aromatic heterocycles. The minimum Gasteiger partial charge on any atom is -1.00 e. The standard InChI is InChI=1S/C9H10S.C5H5.C3H6.2ClH.Zr/c1-2-8-6-7-4-3-5-9(7)10-8;1-2-4-5-3-1;1-3-2;;;/h3-7H,2H2,1H3;1-3H,4H2;1-2H3;2*1H;/q;;;;;+2/p-2. The average Bonchev–Trinajstić information content (AvgIpc) is 3.02. The van der Waals surface area contributed by atoms with Gasteiger partial charge in [-0.1, -0.05) is 43.0 Å². The Labute approximate surface area is 156 Å². The molecule has 1 heterocycles. The molecule has 0 nitrogen and oxygen atoms in total. The molecule has 2 aliphatic carbocycles. The summed E-state index contributed by atoms with van der Waals surface area (Å²) in [6.07, 6.45) is 18.1. The largest absolute Gasteiger partial charge is 1.00 e. The van der Waals surface area contributed by atoms with E-state index in [1.807, 2.05) is 11.8 Å². The van der Waals surface area contributed by atoms with Crippen molar-refractivity contribution < 1.29 is 47.6 Å². The number of hydrogen-bond donors (Lipinski definition) is 0. The zero-order valence-corrected chi connectivity index (χ0v) is 17.5. The molecule has 0 aromatic carbocycles. The molecule has 0 amide bonds. The molecule has 0 N–H and O–H groups in total. The van der Waals surface area contributed by atoms with Crippen LogP contribution in [0.3, 0.4) is 0 Å². The first kappa shape index (κ1) is 21.4. The molecule has 0 saturated carbocycles. The zero-order valence-electron chi connectivity index (χ0n) is 12.7. The summed E-state index contributed by atoms with van der Waals surface area (Å²) < 4.78 is 3.40. The molecule has 21 heavy (non-hydrogen) atoms. The number of fused-ring (bicyclic) bond motifs is 1. The third-order valence-electron chi connectivity index (χ3n) is 3.05. The van der Waals surface area contributed by atoms with Crippen LogP contribution in [0, 0.1) is 5.92 Å². The quantitative estimate of drug-likeness (QED) is 0.567. The van der Waals surface area contributed by atoms with Gasteiger partial charge in [-0.05, 0) is 11.3 Å². The first-order chi connectivity index (χ1) is 9.19. The van der Waals surface area contributed by atoms with E-state index in [0.29, 0.717) is 5.92 Å². The van der Waals surface area contributed by atoms with Crippen LogP contribution in [-0.2, 0) is 22.8 Å². The van der Waals surface area contributed by atoms with E-state index in [4.69, 9.17) is 0 Å². The van der Waals surface area contributed by atoms with E-state index >= 15 is 0 Å². The van der Waals surface area contributed by atoms with Crippen LogP contribution in [0.4, 0.5) is 0 Å². The van der Waals surface area contributed by atoms with Gasteiger partial charge in [0.15, 0.2) is 0 Å². The van der Waals surface area contributed by atoms with Crippen LogP contribution < -0.4 is 24.8 Å². The fourth-order valence-corrected chi connectivity index (χ4v) is 5.80. The molecule has 1 unspecified atom stereocenters. The molecule has 0 aromatic rings. The molecule has 0 radical (unpaired) electrons. The SMILES string of the molecule is CCC1=CC2C=CC=C2S1.C[C](C)=[Zr+2][C]1=CC=CC1.[Cl-].[Cl-]. The maximum absolute atomic E-state index is 2.36. The normalized spacial score (nSPS) is 20.0. The summed E-state index contributed by atoms with van der Waals surface area (Å²) in [5, 5.41) is 0. The Morgan fingerprint density at radius 3 is 2.52 bits per heavy atom. The number of rotatable bonds is 2. The first-order valence-corrected chi connectivity index (χ1v) is 10.2. The van der Waals surface area contributed by atoms with Crippen molar-refractivity contribution in [3.63, 3.8) is 0 Å². The Hall–Kier alpha value is 0.383. The summed E-state index contributed by atoms with van der Waals surface area (Å²) >= 11 is 1.72. The third-order valence-corrected chi connectivity index (χ3v) is 7.31. The third kappa shape index (κ3) is 6.99. The van der Waals surface area contributed by atoms with Crippen molar-refractivity contribution in [1.29, 1.82) is 0 Å². The molecule has 0 saturated heterocycles. The Morgan fingerprint density at radius 1 is 1.24 bits per heavy atom. The number of halogens is 2. The summed E-state index contributed by atoms with van der Waals surface area (Å²) in [5.74, 6) is 0.639. The maximum Gasteiger partial charge on any atom is -1.00 e. The number of thioether (sulfide) groups is 1. The van der Waals surface area contributed by atoms with Gasteiger partial charge in [-0.25, -0.2) is 0 Å². The average molecular weight is 420 g/mol. The second-order valence-corrected chi connectivity index (χ2v) is 10.9. The van der Waals surface area contributed by atoms with E-state index in [1.54, 1.807) is 6.49 Å². The van der Waals surface area contributed by atoms with E-state index in [1.165, 1.54) is 22.7 Å². The Bertz CT molecular complexity index is 521. The molecule has 113 valence electrons. The van der Waals surface area contributed by atoms with E-state index in [2.05, 4.69) is 63.3 Å². The van der Waals surface area contributed by atoms with Gasteiger partial charge < -0.3 is 24.8 Å². The molecule has 3 rings (SSSR count). The van der Waals surface area contributed by atoms with Crippen LogP contribution in [0.1, 0.15) is 33.6 Å². The van der Waals surface area contributed by atoms with Gasteiger partial charge in [-0.15, -0.1) is 0 Å². The second-order valence-electron chi connectivity index (χ2n) is 5.02. The molecule has 1 atom stereocenters. The van der Waals surface area contributed by atoms with Gasteiger partial charge in [0.25, 0.3) is 0 Å². The predicted octanol–water partition coefficient (Wildman–Crippen LogP) is -0.770. The van der Waals surface area contributed by atoms with Crippen molar-refractivity contribution in [3.8, 4) is 0 Å². The van der Waals surface area contributed by atoms with E-state index < -0.39 is 0 Å². The molecule has 0 bridgehead atoms. The van der Waals surface area contributed by atoms with Crippen LogP contribution >= 0.6 is 11.8 Å². The monoisotopic (exact) mass is 417 g/mol. The molecule has 0 spiro atoms. The fraction of sp³-hybridized carbons (Fsp3) is 0.353. The summed E-state index contributed by atoms with van der Waals surface area (Å²) in [6, 6.07) is 0. The number of hydrogen-bond acceptors (Lipinski definition) is 1.